The van der Waals surface area contributed by atoms with Gasteiger partial charge in [0.2, 0.25) is 0 Å². The van der Waals surface area contributed by atoms with Crippen molar-refractivity contribution < 1.29 is 0 Å². The van der Waals surface area contributed by atoms with E-state index in [1.807, 2.05) is 29.0 Å². The van der Waals surface area contributed by atoms with Gasteiger partial charge in [-0.1, -0.05) is 6.07 Å². The summed E-state index contributed by atoms with van der Waals surface area (Å²) < 4.78 is 2.03. The first-order valence-corrected chi connectivity index (χ1v) is 9.09. The number of pyridine rings is 1. The van der Waals surface area contributed by atoms with Gasteiger partial charge in [0.05, 0.1) is 11.9 Å². The van der Waals surface area contributed by atoms with Crippen LogP contribution in [0.5, 0.6) is 0 Å². The Morgan fingerprint density at radius 1 is 1.08 bits per heavy atom. The van der Waals surface area contributed by atoms with Crippen LogP contribution in [0.4, 0.5) is 5.82 Å². The maximum Gasteiger partial charge on any atom is 0.157 e. The molecule has 2 aliphatic rings. The van der Waals surface area contributed by atoms with Crippen molar-refractivity contribution in [3.8, 4) is 0 Å². The van der Waals surface area contributed by atoms with Crippen molar-refractivity contribution in [2.75, 3.05) is 31.1 Å². The zero-order chi connectivity index (χ0) is 16.6. The molecule has 0 saturated carbocycles. The van der Waals surface area contributed by atoms with Crippen molar-refractivity contribution in [2.45, 2.75) is 19.3 Å². The van der Waals surface area contributed by atoms with E-state index in [1.165, 1.54) is 22.8 Å². The molecule has 0 radical (unpaired) electrons. The molecular weight excluding hydrogens is 312 g/mol. The van der Waals surface area contributed by atoms with E-state index in [4.69, 9.17) is 4.98 Å². The van der Waals surface area contributed by atoms with E-state index in [1.54, 1.807) is 0 Å². The van der Waals surface area contributed by atoms with Crippen LogP contribution in [0.2, 0.25) is 0 Å². The van der Waals surface area contributed by atoms with Crippen molar-refractivity contribution in [1.82, 2.24) is 24.9 Å². The van der Waals surface area contributed by atoms with Crippen LogP contribution in [0.25, 0.3) is 5.65 Å². The fraction of sp³-hybridized carbons (Fsp3) is 0.421. The Morgan fingerprint density at radius 2 is 2.00 bits per heavy atom. The van der Waals surface area contributed by atoms with Gasteiger partial charge in [0.15, 0.2) is 5.65 Å². The van der Waals surface area contributed by atoms with Crippen LogP contribution < -0.4 is 10.2 Å². The zero-order valence-electron chi connectivity index (χ0n) is 14.2. The maximum atomic E-state index is 4.85. The zero-order valence-corrected chi connectivity index (χ0v) is 14.2. The van der Waals surface area contributed by atoms with Crippen molar-refractivity contribution in [1.29, 1.82) is 0 Å². The van der Waals surface area contributed by atoms with Gasteiger partial charge in [-0.3, -0.25) is 4.98 Å². The molecule has 0 unspecified atom stereocenters. The molecule has 5 rings (SSSR count). The summed E-state index contributed by atoms with van der Waals surface area (Å²) >= 11 is 0. The molecule has 0 aliphatic carbocycles. The molecule has 3 aromatic rings. The summed E-state index contributed by atoms with van der Waals surface area (Å²) in [6.07, 6.45) is 6.81. The molecule has 2 aliphatic heterocycles. The molecule has 0 amide bonds. The summed E-state index contributed by atoms with van der Waals surface area (Å²) in [5, 5.41) is 8.04. The molecular formula is C19H22N6. The van der Waals surface area contributed by atoms with Crippen LogP contribution in [-0.4, -0.2) is 45.8 Å². The largest absolute Gasteiger partial charge is 0.355 e. The topological polar surface area (TPSA) is 58.4 Å². The summed E-state index contributed by atoms with van der Waals surface area (Å²) in [4.78, 5) is 11.8. The van der Waals surface area contributed by atoms with E-state index in [2.05, 4.69) is 32.4 Å². The van der Waals surface area contributed by atoms with Gasteiger partial charge < -0.3 is 10.2 Å². The van der Waals surface area contributed by atoms with Crippen LogP contribution >= 0.6 is 0 Å². The summed E-state index contributed by atoms with van der Waals surface area (Å²) in [7, 11) is 0. The highest BCUT2D eigenvalue weighted by Gasteiger charge is 2.32. The van der Waals surface area contributed by atoms with Gasteiger partial charge >= 0.3 is 0 Å². The lowest BCUT2D eigenvalue weighted by Crippen LogP contribution is -2.49. The Balaban J connectivity index is 1.43. The van der Waals surface area contributed by atoms with Crippen LogP contribution in [0.15, 0.2) is 36.7 Å². The number of hydrogen-bond acceptors (Lipinski definition) is 5. The fourth-order valence-corrected chi connectivity index (χ4v) is 4.03. The van der Waals surface area contributed by atoms with E-state index in [0.29, 0.717) is 5.92 Å². The Labute approximate surface area is 146 Å². The molecule has 6 nitrogen and oxygen atoms in total. The quantitative estimate of drug-likeness (QED) is 0.786. The number of rotatable bonds is 3. The molecule has 128 valence electrons. The number of fused-ring (bicyclic) bond motifs is 2. The number of nitrogens with one attached hydrogen (secondary N) is 1. The Bertz CT molecular complexity index is 882. The maximum absolute atomic E-state index is 4.85. The number of anilines is 1. The van der Waals surface area contributed by atoms with Crippen molar-refractivity contribution >= 4 is 11.5 Å². The molecule has 5 heterocycles. The summed E-state index contributed by atoms with van der Waals surface area (Å²) in [5.74, 6) is 1.92. The van der Waals surface area contributed by atoms with E-state index in [0.717, 1.165) is 51.1 Å². The van der Waals surface area contributed by atoms with E-state index < -0.39 is 0 Å². The second kappa shape index (κ2) is 6.11. The lowest BCUT2D eigenvalue weighted by atomic mass is 9.93. The minimum atomic E-state index is 0.660. The monoisotopic (exact) mass is 334 g/mol. The van der Waals surface area contributed by atoms with Crippen LogP contribution in [0.1, 0.15) is 17.0 Å². The smallest absolute Gasteiger partial charge is 0.157 e. The normalized spacial score (nSPS) is 18.0. The van der Waals surface area contributed by atoms with Gasteiger partial charge in [0.25, 0.3) is 0 Å². The van der Waals surface area contributed by atoms with Gasteiger partial charge in [-0.25, -0.2) is 4.98 Å². The number of nitrogens with zero attached hydrogens (tertiary/aromatic N) is 5. The van der Waals surface area contributed by atoms with Crippen molar-refractivity contribution in [2.24, 2.45) is 5.92 Å². The molecule has 0 spiro atoms. The highest BCUT2D eigenvalue weighted by molar-refractivity contribution is 5.59. The highest BCUT2D eigenvalue weighted by Crippen LogP contribution is 2.32. The average Bonchev–Trinajstić information content (AvgIpc) is 2.94. The first-order valence-electron chi connectivity index (χ1n) is 9.09. The predicted octanol–water partition coefficient (Wildman–Crippen LogP) is 1.49. The molecule has 0 aromatic carbocycles. The molecule has 3 aromatic heterocycles. The highest BCUT2D eigenvalue weighted by atomic mass is 15.4. The molecule has 1 fully saturated rings. The lowest BCUT2D eigenvalue weighted by Gasteiger charge is -2.42. The van der Waals surface area contributed by atoms with Crippen molar-refractivity contribution in [3.05, 3.63) is 53.6 Å². The minimum absolute atomic E-state index is 0.660. The van der Waals surface area contributed by atoms with Gasteiger partial charge in [-0.15, -0.1) is 0 Å². The van der Waals surface area contributed by atoms with Crippen LogP contribution in [0.3, 0.4) is 0 Å². The molecule has 0 atom stereocenters. The lowest BCUT2D eigenvalue weighted by molar-refractivity contribution is 0.398. The van der Waals surface area contributed by atoms with Gasteiger partial charge in [0, 0.05) is 49.6 Å². The second-order valence-electron chi connectivity index (χ2n) is 7.01. The van der Waals surface area contributed by atoms with E-state index in [9.17, 15) is 0 Å². The Kier molecular flexibility index (Phi) is 3.63. The third-order valence-corrected chi connectivity index (χ3v) is 5.26. The predicted molar refractivity (Wildman–Crippen MR) is 96.9 cm³/mol. The number of aromatic nitrogens is 4. The Hall–Kier alpha value is -2.47. The first kappa shape index (κ1) is 14.8. The van der Waals surface area contributed by atoms with E-state index >= 15 is 0 Å². The molecule has 0 bridgehead atoms. The van der Waals surface area contributed by atoms with Gasteiger partial charge in [-0.05, 0) is 37.4 Å². The third kappa shape index (κ3) is 2.66. The molecule has 1 N–H and O–H groups in total. The minimum Gasteiger partial charge on any atom is -0.355 e. The average molecular weight is 334 g/mol. The van der Waals surface area contributed by atoms with Crippen molar-refractivity contribution in [3.63, 3.8) is 0 Å². The van der Waals surface area contributed by atoms with Gasteiger partial charge in [-0.2, -0.15) is 9.61 Å². The summed E-state index contributed by atoms with van der Waals surface area (Å²) in [5.41, 5.74) is 4.76. The SMILES string of the molecule is c1ccc(CC2CN(c3c4c(nc5ccnn35)CCNCC4)C2)nc1. The van der Waals surface area contributed by atoms with Gasteiger partial charge in [0.1, 0.15) is 5.82 Å². The number of hydrogen-bond donors (Lipinski definition) is 1. The molecule has 6 heteroatoms. The van der Waals surface area contributed by atoms with Crippen LogP contribution in [-0.2, 0) is 19.3 Å². The second-order valence-corrected chi connectivity index (χ2v) is 7.01. The molecule has 25 heavy (non-hydrogen) atoms. The fourth-order valence-electron chi connectivity index (χ4n) is 4.03. The first-order chi connectivity index (χ1) is 12.4. The third-order valence-electron chi connectivity index (χ3n) is 5.26. The Morgan fingerprint density at radius 3 is 2.88 bits per heavy atom. The van der Waals surface area contributed by atoms with E-state index in [-0.39, 0.29) is 0 Å². The van der Waals surface area contributed by atoms with Crippen LogP contribution in [0, 0.1) is 5.92 Å². The summed E-state index contributed by atoms with van der Waals surface area (Å²) in [6.45, 7) is 4.15. The standard InChI is InChI=1S/C19H22N6/c1-2-7-21-15(3-1)11-14-12-24(13-14)19-16-4-8-20-9-5-17(16)23-18-6-10-22-25(18)19/h1-3,6-7,10,14,20H,4-5,8-9,11-13H2. The summed E-state index contributed by atoms with van der Waals surface area (Å²) in [6, 6.07) is 8.18. The molecule has 1 saturated heterocycles.